The molecule has 4 atom stereocenters. The SMILES string of the molecule is CC1CCOCC1F.CC1CCOCC1F. The van der Waals surface area contributed by atoms with Gasteiger partial charge < -0.3 is 9.47 Å². The lowest BCUT2D eigenvalue weighted by Crippen LogP contribution is -2.26. The first-order valence-electron chi connectivity index (χ1n) is 6.05. The number of ether oxygens (including phenoxy) is 2. The smallest absolute Gasteiger partial charge is 0.126 e. The van der Waals surface area contributed by atoms with Crippen LogP contribution in [0.3, 0.4) is 0 Å². The van der Waals surface area contributed by atoms with Crippen molar-refractivity contribution in [1.82, 2.24) is 0 Å². The highest BCUT2D eigenvalue weighted by Crippen LogP contribution is 2.17. The van der Waals surface area contributed by atoms with E-state index < -0.39 is 12.3 Å². The standard InChI is InChI=1S/2C6H11FO/c2*1-5-2-3-8-4-6(5)7/h2*5-6H,2-4H2,1H3. The van der Waals surface area contributed by atoms with Gasteiger partial charge in [-0.15, -0.1) is 0 Å². The normalized spacial score (nSPS) is 39.8. The first-order valence-corrected chi connectivity index (χ1v) is 6.05. The van der Waals surface area contributed by atoms with Crippen LogP contribution in [0.1, 0.15) is 26.7 Å². The molecule has 0 spiro atoms. The summed E-state index contributed by atoms with van der Waals surface area (Å²) in [5.41, 5.74) is 0. The molecule has 4 unspecified atom stereocenters. The van der Waals surface area contributed by atoms with Gasteiger partial charge in [-0.25, -0.2) is 8.78 Å². The first-order chi connectivity index (χ1) is 7.61. The topological polar surface area (TPSA) is 18.5 Å². The molecule has 0 aliphatic carbocycles. The second kappa shape index (κ2) is 7.17. The van der Waals surface area contributed by atoms with E-state index in [9.17, 15) is 8.78 Å². The second-order valence-electron chi connectivity index (χ2n) is 4.71. The van der Waals surface area contributed by atoms with Crippen molar-refractivity contribution in [2.45, 2.75) is 39.0 Å². The Bertz CT molecular complexity index is 150. The second-order valence-corrected chi connectivity index (χ2v) is 4.71. The van der Waals surface area contributed by atoms with Crippen LogP contribution < -0.4 is 0 Å². The highest BCUT2D eigenvalue weighted by Gasteiger charge is 2.20. The Balaban J connectivity index is 0.000000160. The van der Waals surface area contributed by atoms with Crippen molar-refractivity contribution in [2.75, 3.05) is 26.4 Å². The summed E-state index contributed by atoms with van der Waals surface area (Å²) in [6.07, 6.45) is 0.315. The van der Waals surface area contributed by atoms with Gasteiger partial charge in [-0.2, -0.15) is 0 Å². The van der Waals surface area contributed by atoms with E-state index in [1.165, 1.54) is 0 Å². The molecule has 0 amide bonds. The maximum atomic E-state index is 12.5. The molecular weight excluding hydrogens is 214 g/mol. The Morgan fingerprint density at radius 2 is 1.19 bits per heavy atom. The lowest BCUT2D eigenvalue weighted by atomic mass is 10.0. The van der Waals surface area contributed by atoms with E-state index in [4.69, 9.17) is 9.47 Å². The van der Waals surface area contributed by atoms with Crippen molar-refractivity contribution in [3.8, 4) is 0 Å². The molecule has 0 N–H and O–H groups in total. The molecule has 0 aromatic heterocycles. The van der Waals surface area contributed by atoms with E-state index in [0.29, 0.717) is 13.2 Å². The minimum absolute atomic E-state index is 0.212. The Morgan fingerprint density at radius 3 is 1.38 bits per heavy atom. The molecule has 0 saturated carbocycles. The third-order valence-electron chi connectivity index (χ3n) is 3.22. The van der Waals surface area contributed by atoms with Crippen LogP contribution in [0.4, 0.5) is 8.78 Å². The molecule has 0 aromatic rings. The molecular formula is C12H22F2O2. The molecule has 16 heavy (non-hydrogen) atoms. The van der Waals surface area contributed by atoms with Crippen molar-refractivity contribution < 1.29 is 18.3 Å². The summed E-state index contributed by atoms with van der Waals surface area (Å²) in [7, 11) is 0. The van der Waals surface area contributed by atoms with Crippen LogP contribution in [0.15, 0.2) is 0 Å². The van der Waals surface area contributed by atoms with Gasteiger partial charge in [-0.3, -0.25) is 0 Å². The average molecular weight is 236 g/mol. The Labute approximate surface area is 96.3 Å². The van der Waals surface area contributed by atoms with Crippen molar-refractivity contribution in [2.24, 2.45) is 11.8 Å². The quantitative estimate of drug-likeness (QED) is 0.644. The predicted molar refractivity (Wildman–Crippen MR) is 59.0 cm³/mol. The van der Waals surface area contributed by atoms with Gasteiger partial charge in [-0.1, -0.05) is 13.8 Å². The highest BCUT2D eigenvalue weighted by atomic mass is 19.1. The van der Waals surface area contributed by atoms with E-state index in [2.05, 4.69) is 0 Å². The van der Waals surface area contributed by atoms with Gasteiger partial charge in [0.1, 0.15) is 12.3 Å². The number of hydrogen-bond acceptors (Lipinski definition) is 2. The molecule has 2 aliphatic rings. The van der Waals surface area contributed by atoms with E-state index >= 15 is 0 Å². The summed E-state index contributed by atoms with van der Waals surface area (Å²) in [6, 6.07) is 0. The van der Waals surface area contributed by atoms with Crippen LogP contribution in [0.25, 0.3) is 0 Å². The summed E-state index contributed by atoms with van der Waals surface area (Å²) in [5.74, 6) is 0.424. The van der Waals surface area contributed by atoms with Gasteiger partial charge in [0.25, 0.3) is 0 Å². The zero-order valence-corrected chi connectivity index (χ0v) is 10.1. The van der Waals surface area contributed by atoms with Crippen LogP contribution in [0.2, 0.25) is 0 Å². The summed E-state index contributed by atoms with van der Waals surface area (Å²) in [6.45, 7) is 5.94. The number of alkyl halides is 2. The van der Waals surface area contributed by atoms with Gasteiger partial charge >= 0.3 is 0 Å². The van der Waals surface area contributed by atoms with Crippen molar-refractivity contribution in [1.29, 1.82) is 0 Å². The minimum Gasteiger partial charge on any atom is -0.378 e. The molecule has 2 heterocycles. The van der Waals surface area contributed by atoms with Gasteiger partial charge in [-0.05, 0) is 24.7 Å². The molecule has 0 bridgehead atoms. The van der Waals surface area contributed by atoms with Crippen LogP contribution in [-0.4, -0.2) is 38.8 Å². The fourth-order valence-electron chi connectivity index (χ4n) is 1.62. The Morgan fingerprint density at radius 1 is 0.812 bits per heavy atom. The molecule has 2 nitrogen and oxygen atoms in total. The lowest BCUT2D eigenvalue weighted by Gasteiger charge is -2.21. The summed E-state index contributed by atoms with van der Waals surface area (Å²) < 4.78 is 34.7. The zero-order chi connectivity index (χ0) is 12.0. The third kappa shape index (κ3) is 4.74. The largest absolute Gasteiger partial charge is 0.378 e. The third-order valence-corrected chi connectivity index (χ3v) is 3.22. The van der Waals surface area contributed by atoms with Crippen LogP contribution in [-0.2, 0) is 9.47 Å². The number of rotatable bonds is 0. The molecule has 4 heteroatoms. The van der Waals surface area contributed by atoms with E-state index in [1.807, 2.05) is 13.8 Å². The summed E-state index contributed by atoms with van der Waals surface area (Å²) in [4.78, 5) is 0. The van der Waals surface area contributed by atoms with Gasteiger partial charge in [0.2, 0.25) is 0 Å². The number of hydrogen-bond donors (Lipinski definition) is 0. The molecule has 0 aromatic carbocycles. The molecule has 96 valence electrons. The summed E-state index contributed by atoms with van der Waals surface area (Å²) >= 11 is 0. The van der Waals surface area contributed by atoms with E-state index in [0.717, 1.165) is 26.1 Å². The molecule has 2 aliphatic heterocycles. The number of halogens is 2. The minimum atomic E-state index is -0.719. The fraction of sp³-hybridized carbons (Fsp3) is 1.00. The van der Waals surface area contributed by atoms with Crippen LogP contribution >= 0.6 is 0 Å². The van der Waals surface area contributed by atoms with Gasteiger partial charge in [0, 0.05) is 13.2 Å². The van der Waals surface area contributed by atoms with Crippen LogP contribution in [0.5, 0.6) is 0 Å². The molecule has 2 fully saturated rings. The fourth-order valence-corrected chi connectivity index (χ4v) is 1.62. The van der Waals surface area contributed by atoms with Crippen molar-refractivity contribution in [3.63, 3.8) is 0 Å². The molecule has 0 radical (unpaired) electrons. The molecule has 2 saturated heterocycles. The van der Waals surface area contributed by atoms with Gasteiger partial charge in [0.05, 0.1) is 13.2 Å². The van der Waals surface area contributed by atoms with Gasteiger partial charge in [0.15, 0.2) is 0 Å². The average Bonchev–Trinajstić information content (AvgIpc) is 2.28. The highest BCUT2D eigenvalue weighted by molar-refractivity contribution is 4.68. The zero-order valence-electron chi connectivity index (χ0n) is 10.1. The van der Waals surface area contributed by atoms with E-state index in [-0.39, 0.29) is 11.8 Å². The monoisotopic (exact) mass is 236 g/mol. The van der Waals surface area contributed by atoms with Crippen molar-refractivity contribution >= 4 is 0 Å². The van der Waals surface area contributed by atoms with Crippen LogP contribution in [0, 0.1) is 11.8 Å². The summed E-state index contributed by atoms with van der Waals surface area (Å²) in [5, 5.41) is 0. The Hall–Kier alpha value is -0.220. The predicted octanol–water partition coefficient (Wildman–Crippen LogP) is 2.76. The first kappa shape index (κ1) is 13.8. The molecule has 2 rings (SSSR count). The lowest BCUT2D eigenvalue weighted by molar-refractivity contribution is 0.00450. The maximum Gasteiger partial charge on any atom is 0.126 e. The van der Waals surface area contributed by atoms with E-state index in [1.54, 1.807) is 0 Å². The van der Waals surface area contributed by atoms with Crippen molar-refractivity contribution in [3.05, 3.63) is 0 Å². The Kier molecular flexibility index (Phi) is 6.21. The maximum absolute atomic E-state index is 12.5.